The van der Waals surface area contributed by atoms with Crippen molar-refractivity contribution in [1.82, 2.24) is 0 Å². The second-order valence-corrected chi connectivity index (χ2v) is 3.42. The highest BCUT2D eigenvalue weighted by atomic mass is 32.1. The van der Waals surface area contributed by atoms with Gasteiger partial charge in [-0.1, -0.05) is 35.8 Å². The van der Waals surface area contributed by atoms with Crippen molar-refractivity contribution < 1.29 is 0 Å². The molecule has 0 aromatic heterocycles. The van der Waals surface area contributed by atoms with Gasteiger partial charge in [0, 0.05) is 4.91 Å². The number of terminal acetylenes is 1. The van der Waals surface area contributed by atoms with Gasteiger partial charge in [-0.15, -0.1) is 19.1 Å². The van der Waals surface area contributed by atoms with E-state index in [0.29, 0.717) is 0 Å². The fourth-order valence-corrected chi connectivity index (χ4v) is 1.07. The maximum absolute atomic E-state index is 5.08. The van der Waals surface area contributed by atoms with Crippen LogP contribution in [-0.2, 0) is 0 Å². The van der Waals surface area contributed by atoms with Gasteiger partial charge in [0.05, 0.1) is 0 Å². The van der Waals surface area contributed by atoms with Crippen molar-refractivity contribution >= 4 is 12.6 Å². The summed E-state index contributed by atoms with van der Waals surface area (Å²) in [5.41, 5.74) is 2.31. The van der Waals surface area contributed by atoms with Gasteiger partial charge in [0.25, 0.3) is 0 Å². The van der Waals surface area contributed by atoms with Crippen molar-refractivity contribution in [1.29, 1.82) is 0 Å². The van der Waals surface area contributed by atoms with Crippen LogP contribution in [0, 0.1) is 12.3 Å². The van der Waals surface area contributed by atoms with Gasteiger partial charge >= 0.3 is 0 Å². The smallest absolute Gasteiger partial charge is 0.00956 e. The fourth-order valence-electron chi connectivity index (χ4n) is 0.871. The van der Waals surface area contributed by atoms with Gasteiger partial charge in [0.2, 0.25) is 0 Å². The average Bonchev–Trinajstić information content (AvgIpc) is 2.17. The highest BCUT2D eigenvalue weighted by Gasteiger charge is 1.96. The molecule has 0 bridgehead atoms. The largest absolute Gasteiger partial charge is 0.143 e. The lowest BCUT2D eigenvalue weighted by molar-refractivity contribution is 1.35. The van der Waals surface area contributed by atoms with Crippen LogP contribution in [0.4, 0.5) is 0 Å². The minimum Gasteiger partial charge on any atom is -0.143 e. The van der Waals surface area contributed by atoms with E-state index in [9.17, 15) is 0 Å². The number of hydrogen-bond donors (Lipinski definition) is 1. The molecule has 0 atom stereocenters. The van der Waals surface area contributed by atoms with Gasteiger partial charge in [0.1, 0.15) is 0 Å². The first kappa shape index (κ1) is 12.9. The Balaban J connectivity index is 4.66. The summed E-state index contributed by atoms with van der Waals surface area (Å²) in [6.45, 7) is 6.07. The normalized spacial score (nSPS) is 12.1. The molecule has 0 aliphatic rings. The molecule has 0 aliphatic carbocycles. The predicted octanol–water partition coefficient (Wildman–Crippen LogP) is 3.90. The second-order valence-electron chi connectivity index (χ2n) is 2.98. The zero-order valence-corrected chi connectivity index (χ0v) is 9.81. The number of allylic oxidation sites excluding steroid dienone is 7. The first-order valence-electron chi connectivity index (χ1n) is 4.46. The Bertz CT molecular complexity index is 329. The third-order valence-corrected chi connectivity index (χ3v) is 2.34. The fraction of sp³-hybridized carbons (Fsp3) is 0.231. The van der Waals surface area contributed by atoms with E-state index in [1.807, 2.05) is 45.1 Å². The van der Waals surface area contributed by atoms with Gasteiger partial charge < -0.3 is 0 Å². The first-order valence-corrected chi connectivity index (χ1v) is 4.90. The lowest BCUT2D eigenvalue weighted by Gasteiger charge is -2.02. The van der Waals surface area contributed by atoms with Crippen molar-refractivity contribution in [2.24, 2.45) is 0 Å². The predicted molar refractivity (Wildman–Crippen MR) is 68.2 cm³/mol. The van der Waals surface area contributed by atoms with E-state index in [1.54, 1.807) is 6.08 Å². The highest BCUT2D eigenvalue weighted by Crippen LogP contribution is 2.19. The molecule has 0 aliphatic heterocycles. The second kappa shape index (κ2) is 7.29. The molecule has 0 fully saturated rings. The maximum Gasteiger partial charge on any atom is 0.00956 e. The van der Waals surface area contributed by atoms with Crippen LogP contribution >= 0.6 is 12.6 Å². The Morgan fingerprint density at radius 3 is 2.36 bits per heavy atom. The van der Waals surface area contributed by atoms with Crippen LogP contribution in [0.15, 0.2) is 46.4 Å². The monoisotopic (exact) mass is 204 g/mol. The zero-order valence-electron chi connectivity index (χ0n) is 8.91. The average molecular weight is 204 g/mol. The lowest BCUT2D eigenvalue weighted by atomic mass is 10.1. The molecule has 14 heavy (non-hydrogen) atoms. The van der Waals surface area contributed by atoms with Gasteiger partial charge in [-0.3, -0.25) is 0 Å². The number of rotatable bonds is 3. The van der Waals surface area contributed by atoms with E-state index in [1.165, 1.54) is 5.57 Å². The number of hydrogen-bond acceptors (Lipinski definition) is 1. The van der Waals surface area contributed by atoms with Crippen molar-refractivity contribution in [3.63, 3.8) is 0 Å². The summed E-state index contributed by atoms with van der Waals surface area (Å²) in [5, 5.41) is 0. The van der Waals surface area contributed by atoms with Crippen LogP contribution in [0.5, 0.6) is 0 Å². The highest BCUT2D eigenvalue weighted by molar-refractivity contribution is 7.84. The summed E-state index contributed by atoms with van der Waals surface area (Å²) in [7, 11) is 0. The van der Waals surface area contributed by atoms with E-state index < -0.39 is 0 Å². The molecular weight excluding hydrogens is 188 g/mol. The molecule has 0 nitrogen and oxygen atoms in total. The Morgan fingerprint density at radius 1 is 1.29 bits per heavy atom. The summed E-state index contributed by atoms with van der Waals surface area (Å²) < 4.78 is 0. The van der Waals surface area contributed by atoms with Gasteiger partial charge in [-0.2, -0.15) is 0 Å². The molecule has 0 spiro atoms. The topological polar surface area (TPSA) is 0 Å². The van der Waals surface area contributed by atoms with E-state index >= 15 is 0 Å². The molecule has 0 rings (SSSR count). The minimum absolute atomic E-state index is 1.01. The van der Waals surface area contributed by atoms with Gasteiger partial charge in [0.15, 0.2) is 0 Å². The summed E-state index contributed by atoms with van der Waals surface area (Å²) >= 11 is 4.42. The summed E-state index contributed by atoms with van der Waals surface area (Å²) in [6, 6.07) is 0. The maximum atomic E-state index is 5.08. The van der Waals surface area contributed by atoms with Crippen LogP contribution in [0.25, 0.3) is 0 Å². The quantitative estimate of drug-likeness (QED) is 0.402. The SMILES string of the molecule is C#C\C=C/C=C\C(=C\C)C(S)=C(C)C. The van der Waals surface area contributed by atoms with Crippen LogP contribution in [0.2, 0.25) is 0 Å². The van der Waals surface area contributed by atoms with E-state index in [2.05, 4.69) is 18.5 Å². The Kier molecular flexibility index (Phi) is 6.70. The van der Waals surface area contributed by atoms with Crippen LogP contribution in [0.3, 0.4) is 0 Å². The van der Waals surface area contributed by atoms with Gasteiger partial charge in [-0.25, -0.2) is 0 Å². The molecule has 0 saturated carbocycles. The standard InChI is InChI=1S/C13H16S/c1-5-7-8-9-10-12(6-2)13(14)11(3)4/h1,6-10,14H,2-4H3/b8-7-,10-9-,12-6-. The first-order chi connectivity index (χ1) is 6.63. The van der Waals surface area contributed by atoms with Crippen molar-refractivity contribution in [2.45, 2.75) is 20.8 Å². The summed E-state index contributed by atoms with van der Waals surface area (Å²) in [4.78, 5) is 1.01. The molecular formula is C13H16S. The summed E-state index contributed by atoms with van der Waals surface area (Å²) in [6.07, 6.45) is 14.5. The molecule has 0 radical (unpaired) electrons. The van der Waals surface area contributed by atoms with Crippen LogP contribution in [0.1, 0.15) is 20.8 Å². The number of thiol groups is 1. The third kappa shape index (κ3) is 4.79. The molecule has 0 unspecified atom stereocenters. The van der Waals surface area contributed by atoms with E-state index in [4.69, 9.17) is 6.42 Å². The lowest BCUT2D eigenvalue weighted by Crippen LogP contribution is -1.80. The molecule has 0 aromatic rings. The molecule has 0 saturated heterocycles. The summed E-state index contributed by atoms with van der Waals surface area (Å²) in [5.74, 6) is 2.43. The van der Waals surface area contributed by atoms with Gasteiger partial charge in [-0.05, 0) is 32.4 Å². The van der Waals surface area contributed by atoms with Crippen molar-refractivity contribution in [2.75, 3.05) is 0 Å². The molecule has 0 N–H and O–H groups in total. The van der Waals surface area contributed by atoms with E-state index in [-0.39, 0.29) is 0 Å². The molecule has 74 valence electrons. The molecule has 0 amide bonds. The Morgan fingerprint density at radius 2 is 1.93 bits per heavy atom. The van der Waals surface area contributed by atoms with Crippen molar-refractivity contribution in [3.8, 4) is 12.3 Å². The van der Waals surface area contributed by atoms with Crippen LogP contribution < -0.4 is 0 Å². The zero-order chi connectivity index (χ0) is 11.0. The van der Waals surface area contributed by atoms with E-state index in [0.717, 1.165) is 10.5 Å². The minimum atomic E-state index is 1.01. The third-order valence-electron chi connectivity index (χ3n) is 1.64. The molecule has 1 heteroatoms. The molecule has 0 aromatic carbocycles. The molecule has 0 heterocycles. The Labute approximate surface area is 92.5 Å². The Hall–Kier alpha value is -1.13. The van der Waals surface area contributed by atoms with Crippen molar-refractivity contribution in [3.05, 3.63) is 46.4 Å². The van der Waals surface area contributed by atoms with Crippen LogP contribution in [-0.4, -0.2) is 0 Å².